The number of nitrogens with zero attached hydrogens (tertiary/aromatic N) is 1. The van der Waals surface area contributed by atoms with Gasteiger partial charge in [-0.2, -0.15) is 5.26 Å². The molecule has 0 saturated carbocycles. The van der Waals surface area contributed by atoms with E-state index in [1.807, 2.05) is 6.07 Å². The average molecular weight is 325 g/mol. The molecule has 1 N–H and O–H groups in total. The lowest BCUT2D eigenvalue weighted by molar-refractivity contribution is 0.102. The van der Waals surface area contributed by atoms with Gasteiger partial charge in [0.2, 0.25) is 0 Å². The molecule has 0 saturated heterocycles. The largest absolute Gasteiger partial charge is 0.321 e. The van der Waals surface area contributed by atoms with Crippen LogP contribution < -0.4 is 5.32 Å². The minimum Gasteiger partial charge on any atom is -0.321 e. The standard InChI is InChI=1S/C12H6BrFN2OS/c13-11-4-8(6-18-11)12(17)16-10-2-1-9(14)3-7(10)5-15/h1-4,6H,(H,16,17). The lowest BCUT2D eigenvalue weighted by atomic mass is 10.2. The molecule has 2 aromatic rings. The topological polar surface area (TPSA) is 52.9 Å². The quantitative estimate of drug-likeness (QED) is 0.914. The van der Waals surface area contributed by atoms with Crippen molar-refractivity contribution in [3.05, 3.63) is 50.4 Å². The smallest absolute Gasteiger partial charge is 0.256 e. The van der Waals surface area contributed by atoms with Crippen molar-refractivity contribution in [3.8, 4) is 6.07 Å². The van der Waals surface area contributed by atoms with Gasteiger partial charge in [0.25, 0.3) is 5.91 Å². The number of benzene rings is 1. The van der Waals surface area contributed by atoms with Gasteiger partial charge in [-0.05, 0) is 40.2 Å². The first-order valence-corrected chi connectivity index (χ1v) is 6.52. The van der Waals surface area contributed by atoms with E-state index in [0.717, 1.165) is 9.85 Å². The van der Waals surface area contributed by atoms with Crippen LogP contribution in [0, 0.1) is 17.1 Å². The van der Waals surface area contributed by atoms with Crippen LogP contribution in [0.1, 0.15) is 15.9 Å². The van der Waals surface area contributed by atoms with E-state index < -0.39 is 5.82 Å². The first-order valence-electron chi connectivity index (χ1n) is 4.85. The van der Waals surface area contributed by atoms with Crippen LogP contribution in [0.4, 0.5) is 10.1 Å². The summed E-state index contributed by atoms with van der Waals surface area (Å²) >= 11 is 4.65. The number of hydrogen-bond acceptors (Lipinski definition) is 3. The molecule has 0 radical (unpaired) electrons. The number of anilines is 1. The fourth-order valence-corrected chi connectivity index (χ4v) is 2.48. The number of rotatable bonds is 2. The zero-order valence-electron chi connectivity index (χ0n) is 8.91. The third kappa shape index (κ3) is 2.75. The van der Waals surface area contributed by atoms with E-state index in [1.165, 1.54) is 23.5 Å². The van der Waals surface area contributed by atoms with Crippen molar-refractivity contribution < 1.29 is 9.18 Å². The van der Waals surface area contributed by atoms with Gasteiger partial charge in [0.15, 0.2) is 0 Å². The number of nitriles is 1. The molecule has 2 rings (SSSR count). The molecule has 1 aromatic carbocycles. The molecule has 0 aliphatic rings. The van der Waals surface area contributed by atoms with Crippen LogP contribution in [0.2, 0.25) is 0 Å². The Hall–Kier alpha value is -1.71. The highest BCUT2D eigenvalue weighted by atomic mass is 79.9. The molecule has 1 amide bonds. The van der Waals surface area contributed by atoms with Crippen LogP contribution in [0.15, 0.2) is 33.4 Å². The zero-order chi connectivity index (χ0) is 13.1. The molecule has 18 heavy (non-hydrogen) atoms. The molecule has 1 heterocycles. The maximum absolute atomic E-state index is 12.9. The number of carbonyl (C=O) groups is 1. The van der Waals surface area contributed by atoms with Gasteiger partial charge in [0, 0.05) is 5.38 Å². The SMILES string of the molecule is N#Cc1cc(F)ccc1NC(=O)c1csc(Br)c1. The molecular weight excluding hydrogens is 319 g/mol. The molecule has 0 bridgehead atoms. The molecule has 0 atom stereocenters. The Bertz CT molecular complexity index is 648. The van der Waals surface area contributed by atoms with Gasteiger partial charge in [-0.3, -0.25) is 4.79 Å². The van der Waals surface area contributed by atoms with Crippen molar-refractivity contribution in [1.29, 1.82) is 5.26 Å². The first kappa shape index (κ1) is 12.7. The summed E-state index contributed by atoms with van der Waals surface area (Å²) in [5.74, 6) is -0.845. The molecule has 0 aliphatic carbocycles. The van der Waals surface area contributed by atoms with E-state index in [9.17, 15) is 9.18 Å². The van der Waals surface area contributed by atoms with E-state index in [2.05, 4.69) is 21.2 Å². The second-order valence-corrected chi connectivity index (χ2v) is 5.69. The third-order valence-corrected chi connectivity index (χ3v) is 3.68. The minimum atomic E-state index is -0.511. The summed E-state index contributed by atoms with van der Waals surface area (Å²) in [6.45, 7) is 0. The number of hydrogen-bond donors (Lipinski definition) is 1. The summed E-state index contributed by atoms with van der Waals surface area (Å²) in [4.78, 5) is 11.9. The number of thiophene rings is 1. The molecule has 1 aromatic heterocycles. The van der Waals surface area contributed by atoms with Crippen LogP contribution in [-0.4, -0.2) is 5.91 Å². The fraction of sp³-hybridized carbons (Fsp3) is 0. The molecular formula is C12H6BrFN2OS. The second kappa shape index (κ2) is 5.29. The Morgan fingerprint density at radius 1 is 1.44 bits per heavy atom. The summed E-state index contributed by atoms with van der Waals surface area (Å²) in [5.41, 5.74) is 0.879. The number of amides is 1. The molecule has 0 aliphatic heterocycles. The molecule has 0 fully saturated rings. The van der Waals surface area contributed by atoms with E-state index in [1.54, 1.807) is 11.4 Å². The first-order chi connectivity index (χ1) is 8.60. The van der Waals surface area contributed by atoms with E-state index in [0.29, 0.717) is 11.3 Å². The number of nitrogens with one attached hydrogen (secondary N) is 1. The van der Waals surface area contributed by atoms with Crippen LogP contribution in [-0.2, 0) is 0 Å². The Morgan fingerprint density at radius 2 is 2.22 bits per heavy atom. The van der Waals surface area contributed by atoms with Crippen molar-refractivity contribution in [3.63, 3.8) is 0 Å². The monoisotopic (exact) mass is 324 g/mol. The summed E-state index contributed by atoms with van der Waals surface area (Å²) in [6.07, 6.45) is 0. The van der Waals surface area contributed by atoms with Crippen LogP contribution in [0.25, 0.3) is 0 Å². The zero-order valence-corrected chi connectivity index (χ0v) is 11.3. The predicted octanol–water partition coefficient (Wildman–Crippen LogP) is 3.77. The van der Waals surface area contributed by atoms with Crippen LogP contribution >= 0.6 is 27.3 Å². The maximum atomic E-state index is 12.9. The summed E-state index contributed by atoms with van der Waals surface area (Å²) in [7, 11) is 0. The van der Waals surface area contributed by atoms with E-state index >= 15 is 0 Å². The number of carbonyl (C=O) groups excluding carboxylic acids is 1. The van der Waals surface area contributed by atoms with Gasteiger partial charge in [-0.15, -0.1) is 11.3 Å². The lowest BCUT2D eigenvalue weighted by Gasteiger charge is -2.05. The lowest BCUT2D eigenvalue weighted by Crippen LogP contribution is -2.12. The summed E-state index contributed by atoms with van der Waals surface area (Å²) in [5, 5.41) is 13.1. The van der Waals surface area contributed by atoms with Crippen molar-refractivity contribution in [1.82, 2.24) is 0 Å². The Kier molecular flexibility index (Phi) is 3.75. The molecule has 3 nitrogen and oxygen atoms in total. The highest BCUT2D eigenvalue weighted by Gasteiger charge is 2.11. The van der Waals surface area contributed by atoms with Crippen molar-refractivity contribution in [2.24, 2.45) is 0 Å². The average Bonchev–Trinajstić information content (AvgIpc) is 2.78. The molecule has 6 heteroatoms. The van der Waals surface area contributed by atoms with Crippen molar-refractivity contribution in [2.45, 2.75) is 0 Å². The predicted molar refractivity (Wildman–Crippen MR) is 71.1 cm³/mol. The van der Waals surface area contributed by atoms with Gasteiger partial charge in [0.1, 0.15) is 11.9 Å². The van der Waals surface area contributed by atoms with Crippen molar-refractivity contribution in [2.75, 3.05) is 5.32 Å². The maximum Gasteiger partial charge on any atom is 0.256 e. The van der Waals surface area contributed by atoms with Crippen LogP contribution in [0.5, 0.6) is 0 Å². The van der Waals surface area contributed by atoms with Gasteiger partial charge in [0.05, 0.1) is 20.6 Å². The van der Waals surface area contributed by atoms with Gasteiger partial charge < -0.3 is 5.32 Å². The summed E-state index contributed by atoms with van der Waals surface area (Å²) < 4.78 is 13.8. The Morgan fingerprint density at radius 3 is 2.83 bits per heavy atom. The summed E-state index contributed by atoms with van der Waals surface area (Å²) in [6, 6.07) is 7.16. The third-order valence-electron chi connectivity index (χ3n) is 2.18. The molecule has 90 valence electrons. The minimum absolute atomic E-state index is 0.0950. The highest BCUT2D eigenvalue weighted by molar-refractivity contribution is 9.11. The molecule has 0 unspecified atom stereocenters. The van der Waals surface area contributed by atoms with E-state index in [4.69, 9.17) is 5.26 Å². The van der Waals surface area contributed by atoms with Gasteiger partial charge >= 0.3 is 0 Å². The Labute approximate surface area is 115 Å². The van der Waals surface area contributed by atoms with Crippen molar-refractivity contribution >= 4 is 38.9 Å². The number of halogens is 2. The van der Waals surface area contributed by atoms with Gasteiger partial charge in [-0.25, -0.2) is 4.39 Å². The molecule has 0 spiro atoms. The van der Waals surface area contributed by atoms with E-state index in [-0.39, 0.29) is 11.5 Å². The normalized spacial score (nSPS) is 9.83. The Balaban J connectivity index is 2.25. The van der Waals surface area contributed by atoms with Gasteiger partial charge in [-0.1, -0.05) is 0 Å². The second-order valence-electron chi connectivity index (χ2n) is 3.40. The highest BCUT2D eigenvalue weighted by Crippen LogP contribution is 2.22. The van der Waals surface area contributed by atoms with Crippen LogP contribution in [0.3, 0.4) is 0 Å². The fourth-order valence-electron chi connectivity index (χ4n) is 1.34.